The van der Waals surface area contributed by atoms with Gasteiger partial charge in [0.2, 0.25) is 12.1 Å². The second-order valence-corrected chi connectivity index (χ2v) is 10.0. The number of hydrogen-bond acceptors (Lipinski definition) is 10. The number of ether oxygens (including phenoxy) is 1. The minimum Gasteiger partial charge on any atom is -0.430 e. The Morgan fingerprint density at radius 3 is 2.29 bits per heavy atom. The zero-order chi connectivity index (χ0) is 30.3. The van der Waals surface area contributed by atoms with Crippen molar-refractivity contribution in [2.75, 3.05) is 18.0 Å². The van der Waals surface area contributed by atoms with Gasteiger partial charge in [0.25, 0.3) is 5.91 Å². The molecule has 1 aliphatic heterocycles. The fraction of sp³-hybridized carbons (Fsp3) is 0.385. The summed E-state index contributed by atoms with van der Waals surface area (Å²) in [7, 11) is 0. The lowest BCUT2D eigenvalue weighted by Gasteiger charge is -2.34. The van der Waals surface area contributed by atoms with Gasteiger partial charge in [-0.15, -0.1) is 0 Å². The van der Waals surface area contributed by atoms with Crippen molar-refractivity contribution in [2.45, 2.75) is 54.9 Å². The molecule has 0 radical (unpaired) electrons. The summed E-state index contributed by atoms with van der Waals surface area (Å²) in [5, 5.41) is 21.8. The van der Waals surface area contributed by atoms with Crippen LogP contribution in [-0.2, 0) is 25.5 Å². The Morgan fingerprint density at radius 1 is 1.17 bits per heavy atom. The molecule has 0 bridgehead atoms. The number of rotatable bonds is 9. The molecule has 15 heteroatoms. The third-order valence-corrected chi connectivity index (χ3v) is 7.54. The zero-order valence-corrected chi connectivity index (χ0v) is 22.6. The van der Waals surface area contributed by atoms with E-state index in [2.05, 4.69) is 27.2 Å². The van der Waals surface area contributed by atoms with Gasteiger partial charge in [0, 0.05) is 19.1 Å². The first kappa shape index (κ1) is 31.2. The van der Waals surface area contributed by atoms with Crippen LogP contribution in [0, 0.1) is 22.7 Å². The van der Waals surface area contributed by atoms with Crippen LogP contribution in [0.5, 0.6) is 0 Å². The smallest absolute Gasteiger partial charge is 0.430 e. The molecule has 216 valence electrons. The first-order valence-electron chi connectivity index (χ1n) is 12.4. The molecular weight excluding hydrogens is 563 g/mol. The molecular formula is C26H26F3N7O4S. The number of anilines is 1. The zero-order valence-electron chi connectivity index (χ0n) is 21.8. The van der Waals surface area contributed by atoms with Crippen molar-refractivity contribution in [2.24, 2.45) is 11.5 Å². The van der Waals surface area contributed by atoms with E-state index in [0.717, 1.165) is 11.8 Å². The van der Waals surface area contributed by atoms with Gasteiger partial charge in [0.1, 0.15) is 28.2 Å². The van der Waals surface area contributed by atoms with Gasteiger partial charge in [0.15, 0.2) is 0 Å². The number of thioether (sulfide) groups is 1. The molecule has 1 aliphatic rings. The summed E-state index contributed by atoms with van der Waals surface area (Å²) >= 11 is 1.01. The number of carbonyl (C=O) groups excluding carboxylic acids is 3. The largest absolute Gasteiger partial charge is 0.490 e. The molecule has 0 aliphatic carbocycles. The summed E-state index contributed by atoms with van der Waals surface area (Å²) < 4.78 is 41.1. The number of nitrogens with zero attached hydrogens (tertiary/aromatic N) is 4. The number of carbonyl (C=O) groups is 3. The molecule has 2 aromatic rings. The van der Waals surface area contributed by atoms with E-state index >= 15 is 0 Å². The molecule has 41 heavy (non-hydrogen) atoms. The van der Waals surface area contributed by atoms with Crippen molar-refractivity contribution in [1.29, 1.82) is 10.5 Å². The summed E-state index contributed by atoms with van der Waals surface area (Å²) in [5.41, 5.74) is 12.4. The van der Waals surface area contributed by atoms with Crippen LogP contribution in [-0.4, -0.2) is 54.3 Å². The number of esters is 1. The normalized spacial score (nSPS) is 15.2. The molecule has 5 N–H and O–H groups in total. The van der Waals surface area contributed by atoms with E-state index in [9.17, 15) is 38.1 Å². The Morgan fingerprint density at radius 2 is 1.78 bits per heavy atom. The van der Waals surface area contributed by atoms with E-state index in [4.69, 9.17) is 11.5 Å². The van der Waals surface area contributed by atoms with Gasteiger partial charge >= 0.3 is 12.1 Å². The number of nitrogens with two attached hydrogens (primary N) is 2. The Balaban J connectivity index is 1.82. The number of nitriles is 2. The minimum atomic E-state index is -5.29. The molecule has 3 rings (SSSR count). The molecule has 11 nitrogen and oxygen atoms in total. The molecule has 1 fully saturated rings. The quantitative estimate of drug-likeness (QED) is 0.222. The number of nitrogens with one attached hydrogen (secondary N) is 1. The maximum Gasteiger partial charge on any atom is 0.490 e. The van der Waals surface area contributed by atoms with Gasteiger partial charge < -0.3 is 20.7 Å². The number of aromatic nitrogens is 1. The maximum absolute atomic E-state index is 12.4. The van der Waals surface area contributed by atoms with Gasteiger partial charge in [-0.3, -0.25) is 15.3 Å². The van der Waals surface area contributed by atoms with Gasteiger partial charge in [-0.1, -0.05) is 49.0 Å². The van der Waals surface area contributed by atoms with Crippen LogP contribution in [0.25, 0.3) is 0 Å². The number of hydrogen-bond donors (Lipinski definition) is 3. The number of alkyl halides is 3. The van der Waals surface area contributed by atoms with Crippen molar-refractivity contribution in [1.82, 2.24) is 10.3 Å². The Hall–Kier alpha value is -4.34. The monoisotopic (exact) mass is 589 g/mol. The van der Waals surface area contributed by atoms with E-state index in [1.807, 2.05) is 0 Å². The molecule has 2 unspecified atom stereocenters. The summed E-state index contributed by atoms with van der Waals surface area (Å²) in [5.74, 6) is -3.99. The topological polar surface area (TPSA) is 188 Å². The highest BCUT2D eigenvalue weighted by atomic mass is 32.2. The number of benzene rings is 1. The van der Waals surface area contributed by atoms with Gasteiger partial charge in [0.05, 0.1) is 11.1 Å². The number of amides is 2. The van der Waals surface area contributed by atoms with Crippen LogP contribution in [0.1, 0.15) is 47.3 Å². The van der Waals surface area contributed by atoms with E-state index < -0.39 is 41.5 Å². The van der Waals surface area contributed by atoms with E-state index in [0.29, 0.717) is 36.2 Å². The van der Waals surface area contributed by atoms with Crippen LogP contribution < -0.4 is 21.7 Å². The van der Waals surface area contributed by atoms with Crippen molar-refractivity contribution >= 4 is 35.4 Å². The van der Waals surface area contributed by atoms with Gasteiger partial charge in [-0.25, -0.2) is 9.78 Å². The molecule has 0 spiro atoms. The van der Waals surface area contributed by atoms with Gasteiger partial charge in [-0.05, 0) is 30.4 Å². The second-order valence-electron chi connectivity index (χ2n) is 8.95. The lowest BCUT2D eigenvalue weighted by atomic mass is 10.00. The number of halogens is 3. The predicted molar refractivity (Wildman–Crippen MR) is 141 cm³/mol. The van der Waals surface area contributed by atoms with Crippen molar-refractivity contribution in [3.8, 4) is 12.1 Å². The molecule has 1 aromatic carbocycles. The number of piperidine rings is 1. The van der Waals surface area contributed by atoms with E-state index in [1.165, 1.54) is 0 Å². The van der Waals surface area contributed by atoms with Crippen LogP contribution in [0.2, 0.25) is 0 Å². The van der Waals surface area contributed by atoms with Crippen molar-refractivity contribution < 1.29 is 32.3 Å². The molecule has 1 aromatic heterocycles. The van der Waals surface area contributed by atoms with Crippen molar-refractivity contribution in [3.05, 3.63) is 52.6 Å². The van der Waals surface area contributed by atoms with Crippen LogP contribution in [0.4, 0.5) is 19.0 Å². The first-order chi connectivity index (χ1) is 19.4. The Labute approximate surface area is 237 Å². The van der Waals surface area contributed by atoms with E-state index in [-0.39, 0.29) is 29.2 Å². The fourth-order valence-electron chi connectivity index (χ4n) is 4.28. The highest BCUT2D eigenvalue weighted by molar-refractivity contribution is 8.00. The summed E-state index contributed by atoms with van der Waals surface area (Å²) in [6.45, 7) is 2.34. The minimum absolute atomic E-state index is 0.171. The molecule has 2 heterocycles. The van der Waals surface area contributed by atoms with Crippen LogP contribution in [0.3, 0.4) is 0 Å². The standard InChI is InChI=1S/C26H26F3N7O4S/c1-2-16-17(12-30)22(35-24(18(16)13-31)41-19(20(32)37)14-6-4-3-5-7-14)36-10-8-15(9-11-36)34-23(38)21(33)40-25(39)26(27,28)29/h3-7,15,19,21H,2,8-11,33H2,1H3,(H2,32,37)(H,34,38). The highest BCUT2D eigenvalue weighted by Gasteiger charge is 2.43. The summed E-state index contributed by atoms with van der Waals surface area (Å²) in [6, 6.07) is 12.5. The van der Waals surface area contributed by atoms with E-state index in [1.54, 1.807) is 42.2 Å². The number of pyridine rings is 1. The molecule has 2 amide bonds. The SMILES string of the molecule is CCc1c(C#N)c(SC(C(N)=O)c2ccccc2)nc(N2CCC(NC(=O)C(N)OC(=O)C(F)(F)F)CC2)c1C#N. The highest BCUT2D eigenvalue weighted by Crippen LogP contribution is 2.40. The predicted octanol–water partition coefficient (Wildman–Crippen LogP) is 2.18. The second kappa shape index (κ2) is 13.3. The molecule has 1 saturated heterocycles. The average Bonchev–Trinajstić information content (AvgIpc) is 2.95. The van der Waals surface area contributed by atoms with Crippen LogP contribution in [0.15, 0.2) is 35.4 Å². The maximum atomic E-state index is 12.4. The average molecular weight is 590 g/mol. The third kappa shape index (κ3) is 7.45. The summed E-state index contributed by atoms with van der Waals surface area (Å²) in [4.78, 5) is 41.9. The Kier molecular flexibility index (Phi) is 10.2. The lowest BCUT2D eigenvalue weighted by Crippen LogP contribution is -2.51. The molecule has 0 saturated carbocycles. The fourth-order valence-corrected chi connectivity index (χ4v) is 5.34. The Bertz CT molecular complexity index is 1380. The van der Waals surface area contributed by atoms with Crippen LogP contribution >= 0.6 is 11.8 Å². The number of primary amides is 1. The van der Waals surface area contributed by atoms with Crippen molar-refractivity contribution in [3.63, 3.8) is 0 Å². The first-order valence-corrected chi connectivity index (χ1v) is 13.3. The summed E-state index contributed by atoms with van der Waals surface area (Å²) in [6.07, 6.45) is -6.49. The molecule has 2 atom stereocenters. The third-order valence-electron chi connectivity index (χ3n) is 6.28. The van der Waals surface area contributed by atoms with Gasteiger partial charge in [-0.2, -0.15) is 23.7 Å². The lowest BCUT2D eigenvalue weighted by molar-refractivity contribution is -0.205.